The van der Waals surface area contributed by atoms with Crippen molar-refractivity contribution < 1.29 is 9.53 Å². The summed E-state index contributed by atoms with van der Waals surface area (Å²) in [4.78, 5) is 12.4. The first-order valence-electron chi connectivity index (χ1n) is 8.98. The Hall–Kier alpha value is -2.31. The van der Waals surface area contributed by atoms with E-state index in [9.17, 15) is 4.79 Å². The Morgan fingerprint density at radius 2 is 1.68 bits per heavy atom. The van der Waals surface area contributed by atoms with Crippen LogP contribution in [0.4, 0.5) is 0 Å². The molecule has 2 aromatic carbocycles. The van der Waals surface area contributed by atoms with Gasteiger partial charge in [-0.2, -0.15) is 0 Å². The lowest BCUT2D eigenvalue weighted by Gasteiger charge is -2.15. The normalized spacial score (nSPS) is 12.2. The van der Waals surface area contributed by atoms with Gasteiger partial charge in [-0.25, -0.2) is 0 Å². The number of carbonyl (C=O) groups excluding carboxylic acids is 1. The number of aromatic nitrogens is 3. The van der Waals surface area contributed by atoms with Gasteiger partial charge in [0.2, 0.25) is 5.12 Å². The van der Waals surface area contributed by atoms with E-state index < -0.39 is 0 Å². The zero-order chi connectivity index (χ0) is 20.3. The number of benzene rings is 2. The molecule has 0 aliphatic carbocycles. The first kappa shape index (κ1) is 20.4. The van der Waals surface area contributed by atoms with Crippen molar-refractivity contribution in [1.82, 2.24) is 14.8 Å². The van der Waals surface area contributed by atoms with Crippen LogP contribution in [-0.2, 0) is 7.05 Å². The number of hydrogen-bond acceptors (Lipinski definition) is 5. The van der Waals surface area contributed by atoms with Gasteiger partial charge in [-0.3, -0.25) is 4.79 Å². The van der Waals surface area contributed by atoms with E-state index in [0.717, 1.165) is 17.5 Å². The lowest BCUT2D eigenvalue weighted by atomic mass is 10.0. The molecule has 146 valence electrons. The Balaban J connectivity index is 1.69. The molecule has 5 nitrogen and oxygen atoms in total. The molecular formula is C21H22ClN3O2S. The molecule has 0 unspecified atom stereocenters. The van der Waals surface area contributed by atoms with E-state index in [1.54, 1.807) is 28.8 Å². The maximum atomic E-state index is 12.4. The molecule has 0 aliphatic rings. The predicted octanol–water partition coefficient (Wildman–Crippen LogP) is 5.66. The fourth-order valence-electron chi connectivity index (χ4n) is 2.68. The van der Waals surface area contributed by atoms with Crippen LogP contribution in [-0.4, -0.2) is 19.9 Å². The summed E-state index contributed by atoms with van der Waals surface area (Å²) < 4.78 is 7.78. The monoisotopic (exact) mass is 415 g/mol. The topological polar surface area (TPSA) is 57.0 Å². The molecule has 1 aromatic heterocycles. The largest absolute Gasteiger partial charge is 0.483 e. The molecule has 3 aromatic rings. The third-order valence-electron chi connectivity index (χ3n) is 4.36. The summed E-state index contributed by atoms with van der Waals surface area (Å²) in [5.74, 6) is 1.90. The van der Waals surface area contributed by atoms with Crippen molar-refractivity contribution in [2.75, 3.05) is 0 Å². The second kappa shape index (κ2) is 8.80. The van der Waals surface area contributed by atoms with Gasteiger partial charge in [0.25, 0.3) is 0 Å². The highest BCUT2D eigenvalue weighted by atomic mass is 35.5. The van der Waals surface area contributed by atoms with E-state index in [1.807, 2.05) is 26.1 Å². The average Bonchev–Trinajstić information content (AvgIpc) is 3.03. The van der Waals surface area contributed by atoms with E-state index in [0.29, 0.717) is 27.5 Å². The molecular weight excluding hydrogens is 394 g/mol. The third kappa shape index (κ3) is 4.75. The van der Waals surface area contributed by atoms with E-state index in [2.05, 4.69) is 36.2 Å². The Kier molecular flexibility index (Phi) is 6.42. The highest BCUT2D eigenvalue weighted by Gasteiger charge is 2.20. The quantitative estimate of drug-likeness (QED) is 0.486. The van der Waals surface area contributed by atoms with Crippen molar-refractivity contribution in [3.05, 3.63) is 70.5 Å². The van der Waals surface area contributed by atoms with Gasteiger partial charge >= 0.3 is 0 Å². The maximum absolute atomic E-state index is 12.4. The number of hydrogen-bond donors (Lipinski definition) is 0. The number of ether oxygens (including phenoxy) is 1. The Labute approximate surface area is 174 Å². The number of rotatable bonds is 6. The number of halogens is 1. The Morgan fingerprint density at radius 3 is 2.29 bits per heavy atom. The summed E-state index contributed by atoms with van der Waals surface area (Å²) >= 11 is 6.90. The van der Waals surface area contributed by atoms with Crippen LogP contribution in [0.3, 0.4) is 0 Å². The van der Waals surface area contributed by atoms with Crippen LogP contribution in [0, 0.1) is 0 Å². The number of carbonyl (C=O) groups is 1. The minimum atomic E-state index is -0.303. The van der Waals surface area contributed by atoms with Crippen LogP contribution in [0.15, 0.2) is 53.7 Å². The van der Waals surface area contributed by atoms with Gasteiger partial charge < -0.3 is 9.30 Å². The number of nitrogens with zero attached hydrogens (tertiary/aromatic N) is 3. The second-order valence-corrected chi connectivity index (χ2v) is 8.16. The van der Waals surface area contributed by atoms with Crippen molar-refractivity contribution in [3.63, 3.8) is 0 Å². The molecule has 0 saturated carbocycles. The Morgan fingerprint density at radius 1 is 1.04 bits per heavy atom. The minimum Gasteiger partial charge on any atom is -0.483 e. The summed E-state index contributed by atoms with van der Waals surface area (Å²) in [6, 6.07) is 14.8. The average molecular weight is 416 g/mol. The smallest absolute Gasteiger partial charge is 0.227 e. The molecule has 0 aliphatic heterocycles. The van der Waals surface area contributed by atoms with Crippen molar-refractivity contribution in [1.29, 1.82) is 0 Å². The molecule has 0 fully saturated rings. The second-order valence-electron chi connectivity index (χ2n) is 6.78. The fourth-order valence-corrected chi connectivity index (χ4v) is 3.54. The van der Waals surface area contributed by atoms with Gasteiger partial charge in [0.05, 0.1) is 0 Å². The minimum absolute atomic E-state index is 0.114. The van der Waals surface area contributed by atoms with Gasteiger partial charge in [0, 0.05) is 17.6 Å². The maximum Gasteiger partial charge on any atom is 0.227 e. The molecule has 1 heterocycles. The zero-order valence-electron chi connectivity index (χ0n) is 16.2. The number of thioether (sulfide) groups is 1. The summed E-state index contributed by atoms with van der Waals surface area (Å²) in [5, 5.41) is 9.35. The van der Waals surface area contributed by atoms with Gasteiger partial charge in [-0.05, 0) is 66.6 Å². The highest BCUT2D eigenvalue weighted by molar-refractivity contribution is 8.14. The predicted molar refractivity (Wildman–Crippen MR) is 112 cm³/mol. The molecule has 0 saturated heterocycles. The van der Waals surface area contributed by atoms with E-state index in [4.69, 9.17) is 16.3 Å². The van der Waals surface area contributed by atoms with Crippen molar-refractivity contribution in [2.45, 2.75) is 37.9 Å². The summed E-state index contributed by atoms with van der Waals surface area (Å²) in [5.41, 5.74) is 1.83. The first-order valence-corrected chi connectivity index (χ1v) is 10.2. The summed E-state index contributed by atoms with van der Waals surface area (Å²) in [7, 11) is 1.83. The molecule has 1 atom stereocenters. The molecule has 0 amide bonds. The van der Waals surface area contributed by atoms with Gasteiger partial charge in [0.15, 0.2) is 17.1 Å². The SMILES string of the molecule is CC(C)c1ccc(O[C@@H](C)c2nnc(SC(=O)c3ccc(Cl)cc3)n2C)cc1. The molecule has 28 heavy (non-hydrogen) atoms. The van der Waals surface area contributed by atoms with Crippen LogP contribution in [0.25, 0.3) is 0 Å². The van der Waals surface area contributed by atoms with E-state index >= 15 is 0 Å². The zero-order valence-corrected chi connectivity index (χ0v) is 17.8. The van der Waals surface area contributed by atoms with Crippen molar-refractivity contribution in [3.8, 4) is 5.75 Å². The lowest BCUT2D eigenvalue weighted by Crippen LogP contribution is -2.10. The van der Waals surface area contributed by atoms with Crippen LogP contribution in [0.5, 0.6) is 5.75 Å². The van der Waals surface area contributed by atoms with Gasteiger partial charge in [-0.1, -0.05) is 37.6 Å². The summed E-state index contributed by atoms with van der Waals surface area (Å²) in [6.45, 7) is 6.22. The van der Waals surface area contributed by atoms with Gasteiger partial charge in [-0.15, -0.1) is 10.2 Å². The van der Waals surface area contributed by atoms with E-state index in [-0.39, 0.29) is 11.2 Å². The third-order valence-corrected chi connectivity index (χ3v) is 5.57. The molecule has 0 spiro atoms. The molecule has 0 N–H and O–H groups in total. The van der Waals surface area contributed by atoms with Gasteiger partial charge in [0.1, 0.15) is 5.75 Å². The first-order chi connectivity index (χ1) is 13.3. The standard InChI is InChI=1S/C21H22ClN3O2S/c1-13(2)15-7-11-18(12-8-15)27-14(3)19-23-24-21(25(19)4)28-20(26)16-5-9-17(22)10-6-16/h5-14H,1-4H3/t14-/m0/s1. The fraction of sp³-hybridized carbons (Fsp3) is 0.286. The van der Waals surface area contributed by atoms with Crippen LogP contribution in [0.1, 0.15) is 54.5 Å². The van der Waals surface area contributed by atoms with Crippen LogP contribution in [0.2, 0.25) is 5.02 Å². The molecule has 7 heteroatoms. The van der Waals surface area contributed by atoms with Crippen LogP contribution >= 0.6 is 23.4 Å². The lowest BCUT2D eigenvalue weighted by molar-refractivity contribution is 0.108. The van der Waals surface area contributed by atoms with E-state index in [1.165, 1.54) is 5.56 Å². The Bertz CT molecular complexity index is 953. The summed E-state index contributed by atoms with van der Waals surface area (Å²) in [6.07, 6.45) is -0.303. The molecule has 0 radical (unpaired) electrons. The van der Waals surface area contributed by atoms with Crippen LogP contribution < -0.4 is 4.74 Å². The van der Waals surface area contributed by atoms with Crippen molar-refractivity contribution >= 4 is 28.5 Å². The molecule has 3 rings (SSSR count). The molecule has 0 bridgehead atoms. The van der Waals surface area contributed by atoms with Crippen molar-refractivity contribution in [2.24, 2.45) is 7.05 Å². The highest BCUT2D eigenvalue weighted by Crippen LogP contribution is 2.27.